The fourth-order valence-electron chi connectivity index (χ4n) is 2.71. The molecule has 0 aliphatic heterocycles. The van der Waals surface area contributed by atoms with Crippen LogP contribution in [0.4, 0.5) is 11.4 Å². The van der Waals surface area contributed by atoms with Crippen LogP contribution >= 0.6 is 0 Å². The maximum absolute atomic E-state index is 12.9. The first-order valence-electron chi connectivity index (χ1n) is 8.13. The van der Waals surface area contributed by atoms with Gasteiger partial charge in [-0.15, -0.1) is 0 Å². The first kappa shape index (κ1) is 19.9. The Morgan fingerprint density at radius 2 is 1.75 bits per heavy atom. The van der Waals surface area contributed by atoms with E-state index in [9.17, 15) is 16.8 Å². The Balaban J connectivity index is 1.99. The van der Waals surface area contributed by atoms with Crippen molar-refractivity contribution in [2.24, 2.45) is 0 Å². The molecule has 0 atom stereocenters. The highest BCUT2D eigenvalue weighted by molar-refractivity contribution is 7.93. The van der Waals surface area contributed by atoms with Gasteiger partial charge < -0.3 is 4.74 Å². The van der Waals surface area contributed by atoms with Crippen LogP contribution in [0, 0.1) is 6.92 Å². The number of nitrogens with one attached hydrogen (secondary N) is 2. The number of aromatic nitrogens is 1. The number of pyridine rings is 1. The Bertz CT molecular complexity index is 1260. The summed E-state index contributed by atoms with van der Waals surface area (Å²) >= 11 is 0. The SMILES string of the molecule is COc1cc(NS(=O)(=O)c2cccc3cc(C)cnc23)ccc1NS(C)(=O)=O. The third-order valence-corrected chi connectivity index (χ3v) is 5.85. The number of sulfonamides is 2. The second kappa shape index (κ2) is 7.28. The summed E-state index contributed by atoms with van der Waals surface area (Å²) in [6, 6.07) is 11.0. The summed E-state index contributed by atoms with van der Waals surface area (Å²) in [6.45, 7) is 1.88. The third kappa shape index (κ3) is 4.34. The van der Waals surface area contributed by atoms with Crippen molar-refractivity contribution in [3.63, 3.8) is 0 Å². The van der Waals surface area contributed by atoms with Gasteiger partial charge in [-0.05, 0) is 36.8 Å². The molecule has 10 heteroatoms. The summed E-state index contributed by atoms with van der Waals surface area (Å²) in [7, 11) is -6.08. The molecule has 0 unspecified atom stereocenters. The van der Waals surface area contributed by atoms with E-state index in [-0.39, 0.29) is 22.0 Å². The molecule has 3 rings (SSSR count). The molecule has 0 saturated carbocycles. The number of benzene rings is 2. The molecule has 1 heterocycles. The lowest BCUT2D eigenvalue weighted by atomic mass is 10.2. The summed E-state index contributed by atoms with van der Waals surface area (Å²) in [4.78, 5) is 4.30. The fourth-order valence-corrected chi connectivity index (χ4v) is 4.51. The Morgan fingerprint density at radius 1 is 1.00 bits per heavy atom. The molecule has 0 aliphatic rings. The van der Waals surface area contributed by atoms with E-state index in [0.29, 0.717) is 10.9 Å². The summed E-state index contributed by atoms with van der Waals surface area (Å²) in [5.41, 5.74) is 1.71. The molecule has 2 aromatic carbocycles. The van der Waals surface area contributed by atoms with Crippen molar-refractivity contribution in [2.75, 3.05) is 22.8 Å². The zero-order valence-electron chi connectivity index (χ0n) is 15.4. The van der Waals surface area contributed by atoms with Gasteiger partial charge in [0.05, 0.1) is 30.3 Å². The molecular formula is C18H19N3O5S2. The van der Waals surface area contributed by atoms with Gasteiger partial charge in [0.1, 0.15) is 10.6 Å². The van der Waals surface area contributed by atoms with Gasteiger partial charge in [0, 0.05) is 17.6 Å². The number of fused-ring (bicyclic) bond motifs is 1. The van der Waals surface area contributed by atoms with Crippen LogP contribution < -0.4 is 14.2 Å². The zero-order valence-corrected chi connectivity index (χ0v) is 17.1. The normalized spacial score (nSPS) is 12.0. The van der Waals surface area contributed by atoms with Gasteiger partial charge in [0.25, 0.3) is 10.0 Å². The molecule has 0 radical (unpaired) electrons. The predicted octanol–water partition coefficient (Wildman–Crippen LogP) is 2.72. The lowest BCUT2D eigenvalue weighted by molar-refractivity contribution is 0.417. The monoisotopic (exact) mass is 421 g/mol. The zero-order chi connectivity index (χ0) is 20.5. The summed E-state index contributed by atoms with van der Waals surface area (Å²) in [5.74, 6) is 0.178. The second-order valence-electron chi connectivity index (χ2n) is 6.24. The van der Waals surface area contributed by atoms with E-state index in [0.717, 1.165) is 11.8 Å². The summed E-state index contributed by atoms with van der Waals surface area (Å²) in [6.07, 6.45) is 2.62. The largest absolute Gasteiger partial charge is 0.494 e. The molecule has 148 valence electrons. The first-order valence-corrected chi connectivity index (χ1v) is 11.5. The topological polar surface area (TPSA) is 114 Å². The van der Waals surface area contributed by atoms with Crippen LogP contribution in [0.1, 0.15) is 5.56 Å². The minimum absolute atomic E-state index is 0.0438. The standard InChI is InChI=1S/C18H19N3O5S2/c1-12-9-13-5-4-6-17(18(13)19-11-12)28(24,25)20-14-7-8-15(16(10-14)26-2)21-27(3,22)23/h4-11,20-21H,1-3H3. The van der Waals surface area contributed by atoms with Gasteiger partial charge in [-0.2, -0.15) is 0 Å². The van der Waals surface area contributed by atoms with Crippen LogP contribution in [-0.4, -0.2) is 35.2 Å². The van der Waals surface area contributed by atoms with Crippen molar-refractivity contribution in [3.8, 4) is 5.75 Å². The van der Waals surface area contributed by atoms with Crippen molar-refractivity contribution in [2.45, 2.75) is 11.8 Å². The number of anilines is 2. The molecule has 8 nitrogen and oxygen atoms in total. The highest BCUT2D eigenvalue weighted by Gasteiger charge is 2.19. The van der Waals surface area contributed by atoms with Gasteiger partial charge in [-0.1, -0.05) is 12.1 Å². The van der Waals surface area contributed by atoms with Crippen LogP contribution in [-0.2, 0) is 20.0 Å². The number of rotatable bonds is 6. The number of nitrogens with zero attached hydrogens (tertiary/aromatic N) is 1. The van der Waals surface area contributed by atoms with E-state index in [1.165, 1.54) is 31.4 Å². The van der Waals surface area contributed by atoms with Crippen molar-refractivity contribution in [3.05, 3.63) is 54.2 Å². The van der Waals surface area contributed by atoms with Crippen LogP contribution in [0.15, 0.2) is 53.6 Å². The van der Waals surface area contributed by atoms with E-state index in [2.05, 4.69) is 14.4 Å². The Morgan fingerprint density at radius 3 is 2.43 bits per heavy atom. The first-order chi connectivity index (χ1) is 13.1. The van der Waals surface area contributed by atoms with E-state index in [4.69, 9.17) is 4.74 Å². The summed E-state index contributed by atoms with van der Waals surface area (Å²) < 4.78 is 58.6. The molecule has 2 N–H and O–H groups in total. The number of hydrogen-bond acceptors (Lipinski definition) is 6. The summed E-state index contributed by atoms with van der Waals surface area (Å²) in [5, 5.41) is 0.716. The van der Waals surface area contributed by atoms with Crippen LogP contribution in [0.5, 0.6) is 5.75 Å². The molecule has 28 heavy (non-hydrogen) atoms. The predicted molar refractivity (Wildman–Crippen MR) is 109 cm³/mol. The van der Waals surface area contributed by atoms with Crippen molar-refractivity contribution in [1.82, 2.24) is 4.98 Å². The average Bonchev–Trinajstić information content (AvgIpc) is 2.60. The number of aryl methyl sites for hydroxylation is 1. The van der Waals surface area contributed by atoms with Crippen LogP contribution in [0.25, 0.3) is 10.9 Å². The smallest absolute Gasteiger partial charge is 0.264 e. The maximum Gasteiger partial charge on any atom is 0.264 e. The maximum atomic E-state index is 12.9. The molecule has 0 bridgehead atoms. The number of para-hydroxylation sites is 1. The van der Waals surface area contributed by atoms with Crippen LogP contribution in [0.2, 0.25) is 0 Å². The van der Waals surface area contributed by atoms with E-state index < -0.39 is 20.0 Å². The highest BCUT2D eigenvalue weighted by Crippen LogP contribution is 2.30. The molecule has 0 fully saturated rings. The number of ether oxygens (including phenoxy) is 1. The molecule has 0 aliphatic carbocycles. The lowest BCUT2D eigenvalue weighted by Crippen LogP contribution is -2.14. The molecule has 1 aromatic heterocycles. The van der Waals surface area contributed by atoms with Crippen molar-refractivity contribution >= 4 is 42.3 Å². The molecule has 0 saturated heterocycles. The fraction of sp³-hybridized carbons (Fsp3) is 0.167. The van der Waals surface area contributed by atoms with Crippen molar-refractivity contribution < 1.29 is 21.6 Å². The highest BCUT2D eigenvalue weighted by atomic mass is 32.2. The number of methoxy groups -OCH3 is 1. The Kier molecular flexibility index (Phi) is 5.18. The molecule has 0 spiro atoms. The minimum Gasteiger partial charge on any atom is -0.494 e. The molecule has 0 amide bonds. The quantitative estimate of drug-likeness (QED) is 0.632. The average molecular weight is 422 g/mol. The van der Waals surface area contributed by atoms with Crippen LogP contribution in [0.3, 0.4) is 0 Å². The Labute approximate surface area is 163 Å². The minimum atomic E-state index is -3.93. The lowest BCUT2D eigenvalue weighted by Gasteiger charge is -2.14. The second-order valence-corrected chi connectivity index (χ2v) is 9.63. The van der Waals surface area contributed by atoms with E-state index in [1.807, 2.05) is 13.0 Å². The van der Waals surface area contributed by atoms with E-state index >= 15 is 0 Å². The van der Waals surface area contributed by atoms with Gasteiger partial charge in [0.2, 0.25) is 10.0 Å². The van der Waals surface area contributed by atoms with Gasteiger partial charge in [0.15, 0.2) is 0 Å². The van der Waals surface area contributed by atoms with Gasteiger partial charge >= 0.3 is 0 Å². The van der Waals surface area contributed by atoms with Gasteiger partial charge in [-0.25, -0.2) is 16.8 Å². The molecular weight excluding hydrogens is 402 g/mol. The van der Waals surface area contributed by atoms with Gasteiger partial charge in [-0.3, -0.25) is 14.4 Å². The number of hydrogen-bond donors (Lipinski definition) is 2. The molecule has 3 aromatic rings. The Hall–Kier alpha value is -2.85. The third-order valence-electron chi connectivity index (χ3n) is 3.85. The van der Waals surface area contributed by atoms with Crippen molar-refractivity contribution in [1.29, 1.82) is 0 Å². The van der Waals surface area contributed by atoms with E-state index in [1.54, 1.807) is 18.3 Å².